The highest BCUT2D eigenvalue weighted by molar-refractivity contribution is 6.09. The number of carbonyl (C=O) groups excluding carboxylic acids is 2. The summed E-state index contributed by atoms with van der Waals surface area (Å²) in [5, 5.41) is 4.28. The minimum atomic E-state index is -0.468. The number of fused-ring (bicyclic) bond motifs is 2. The van der Waals surface area contributed by atoms with Gasteiger partial charge in [0.05, 0.1) is 32.8 Å². The van der Waals surface area contributed by atoms with Crippen LogP contribution in [0.4, 0.5) is 5.95 Å². The summed E-state index contributed by atoms with van der Waals surface area (Å²) < 4.78 is 16.3. The van der Waals surface area contributed by atoms with Crippen molar-refractivity contribution < 1.29 is 23.8 Å². The molecule has 0 aliphatic carbocycles. The van der Waals surface area contributed by atoms with E-state index in [-0.39, 0.29) is 23.8 Å². The number of hydrogen-bond acceptors (Lipinski definition) is 8. The summed E-state index contributed by atoms with van der Waals surface area (Å²) in [5.41, 5.74) is 1.51. The third kappa shape index (κ3) is 4.79. The third-order valence-electron chi connectivity index (χ3n) is 5.74. The minimum absolute atomic E-state index is 0.0709. The molecule has 3 N–H and O–H groups in total. The van der Waals surface area contributed by atoms with Gasteiger partial charge >= 0.3 is 0 Å². The number of carbonyl (C=O) groups is 2. The molecule has 0 aliphatic rings. The van der Waals surface area contributed by atoms with Crippen molar-refractivity contribution >= 4 is 39.4 Å². The van der Waals surface area contributed by atoms with Gasteiger partial charge in [0.2, 0.25) is 5.95 Å². The van der Waals surface area contributed by atoms with Gasteiger partial charge in [0.1, 0.15) is 22.8 Å². The maximum Gasteiger partial charge on any atom is 0.276 e. The zero-order valence-electron chi connectivity index (χ0n) is 20.4. The lowest BCUT2D eigenvalue weighted by atomic mass is 10.1. The van der Waals surface area contributed by atoms with Gasteiger partial charge in [0.15, 0.2) is 17.3 Å². The monoisotopic (exact) mass is 500 g/mol. The number of Topliss-reactive ketones (excluding diaryl/α,β-unsaturated/α-hetero) is 1. The minimum Gasteiger partial charge on any atom is -0.494 e. The van der Waals surface area contributed by atoms with Crippen LogP contribution in [-0.2, 0) is 6.42 Å². The van der Waals surface area contributed by atoms with Gasteiger partial charge in [-0.2, -0.15) is 0 Å². The highest BCUT2D eigenvalue weighted by atomic mass is 16.5. The SMILES string of the molecule is CCOc1cc(C(=O)Cc2ncc[nH]2)c2nc(NC(=O)c3cc4cc(OC)c(OC)cc4cn3)[nH]c2c1. The fraction of sp³-hybridized carbons (Fsp3) is 0.192. The molecule has 0 atom stereocenters. The van der Waals surface area contributed by atoms with Crippen LogP contribution in [0.2, 0.25) is 0 Å². The van der Waals surface area contributed by atoms with E-state index in [2.05, 4.69) is 30.2 Å². The number of H-pyrrole nitrogens is 2. The number of benzene rings is 2. The van der Waals surface area contributed by atoms with Crippen LogP contribution in [0.5, 0.6) is 17.2 Å². The van der Waals surface area contributed by atoms with Crippen molar-refractivity contribution in [2.24, 2.45) is 0 Å². The summed E-state index contributed by atoms with van der Waals surface area (Å²) in [7, 11) is 3.10. The zero-order valence-corrected chi connectivity index (χ0v) is 20.4. The van der Waals surface area contributed by atoms with Gasteiger partial charge in [0, 0.05) is 35.6 Å². The van der Waals surface area contributed by atoms with E-state index >= 15 is 0 Å². The van der Waals surface area contributed by atoms with E-state index in [0.29, 0.717) is 46.3 Å². The van der Waals surface area contributed by atoms with Crippen molar-refractivity contribution in [3.63, 3.8) is 0 Å². The molecule has 11 heteroatoms. The number of aromatic amines is 2. The maximum absolute atomic E-state index is 13.1. The lowest BCUT2D eigenvalue weighted by Crippen LogP contribution is -2.14. The third-order valence-corrected chi connectivity index (χ3v) is 5.74. The molecular formula is C26H24N6O5. The van der Waals surface area contributed by atoms with E-state index in [0.717, 1.165) is 10.8 Å². The van der Waals surface area contributed by atoms with Crippen molar-refractivity contribution in [3.05, 3.63) is 66.0 Å². The Bertz CT molecular complexity index is 1610. The summed E-state index contributed by atoms with van der Waals surface area (Å²) in [4.78, 5) is 45.0. The van der Waals surface area contributed by atoms with Gasteiger partial charge in [-0.3, -0.25) is 19.9 Å². The van der Waals surface area contributed by atoms with Crippen LogP contribution in [0, 0.1) is 0 Å². The number of rotatable bonds is 9. The first-order chi connectivity index (χ1) is 18.0. The number of anilines is 1. The van der Waals surface area contributed by atoms with E-state index in [1.807, 2.05) is 6.92 Å². The second kappa shape index (κ2) is 9.97. The van der Waals surface area contributed by atoms with Crippen molar-refractivity contribution in [2.45, 2.75) is 13.3 Å². The Hall–Kier alpha value is -4.93. The summed E-state index contributed by atoms with van der Waals surface area (Å²) >= 11 is 0. The Labute approximate surface area is 211 Å². The average molecular weight is 501 g/mol. The van der Waals surface area contributed by atoms with Gasteiger partial charge in [-0.15, -0.1) is 0 Å². The number of aromatic nitrogens is 5. The maximum atomic E-state index is 13.1. The molecular weight excluding hydrogens is 476 g/mol. The molecule has 0 spiro atoms. The van der Waals surface area contributed by atoms with Crippen molar-refractivity contribution in [1.82, 2.24) is 24.9 Å². The van der Waals surface area contributed by atoms with E-state index in [9.17, 15) is 9.59 Å². The fourth-order valence-electron chi connectivity index (χ4n) is 4.02. The number of pyridine rings is 1. The first-order valence-corrected chi connectivity index (χ1v) is 11.5. The molecule has 0 unspecified atom stereocenters. The molecule has 0 aliphatic heterocycles. The Morgan fingerprint density at radius 1 is 1.00 bits per heavy atom. The quantitative estimate of drug-likeness (QED) is 0.258. The molecule has 0 saturated carbocycles. The van der Waals surface area contributed by atoms with Crippen molar-refractivity contribution in [3.8, 4) is 17.2 Å². The predicted octanol–water partition coefficient (Wildman–Crippen LogP) is 3.93. The number of nitrogens with zero attached hydrogens (tertiary/aromatic N) is 3. The molecule has 37 heavy (non-hydrogen) atoms. The molecule has 3 heterocycles. The van der Waals surface area contributed by atoms with Gasteiger partial charge < -0.3 is 24.2 Å². The summed E-state index contributed by atoms with van der Waals surface area (Å²) in [6.07, 6.45) is 4.90. The van der Waals surface area contributed by atoms with Gasteiger partial charge in [-0.05, 0) is 36.6 Å². The summed E-state index contributed by atoms with van der Waals surface area (Å²) in [6, 6.07) is 8.61. The Morgan fingerprint density at radius 2 is 1.78 bits per heavy atom. The van der Waals surface area contributed by atoms with Crippen LogP contribution < -0.4 is 19.5 Å². The van der Waals surface area contributed by atoms with Gasteiger partial charge in [-0.25, -0.2) is 9.97 Å². The lowest BCUT2D eigenvalue weighted by Gasteiger charge is -2.09. The number of amides is 1. The van der Waals surface area contributed by atoms with E-state index in [1.54, 1.807) is 63.1 Å². The Kier molecular flexibility index (Phi) is 6.42. The fourth-order valence-corrected chi connectivity index (χ4v) is 4.02. The topological polar surface area (TPSA) is 144 Å². The van der Waals surface area contributed by atoms with Crippen molar-refractivity contribution in [2.75, 3.05) is 26.1 Å². The predicted molar refractivity (Wildman–Crippen MR) is 137 cm³/mol. The molecule has 0 bridgehead atoms. The van der Waals surface area contributed by atoms with E-state index in [4.69, 9.17) is 14.2 Å². The number of imidazole rings is 2. The number of methoxy groups -OCH3 is 2. The van der Waals surface area contributed by atoms with Crippen LogP contribution in [0.3, 0.4) is 0 Å². The number of ketones is 1. The molecule has 1 amide bonds. The molecule has 5 rings (SSSR count). The highest BCUT2D eigenvalue weighted by Crippen LogP contribution is 2.32. The Balaban J connectivity index is 1.45. The number of ether oxygens (including phenoxy) is 3. The molecule has 0 radical (unpaired) electrons. The van der Waals surface area contributed by atoms with Crippen LogP contribution >= 0.6 is 0 Å². The lowest BCUT2D eigenvalue weighted by molar-refractivity contribution is 0.0990. The molecule has 0 fully saturated rings. The van der Waals surface area contributed by atoms with Crippen LogP contribution in [0.25, 0.3) is 21.8 Å². The second-order valence-corrected chi connectivity index (χ2v) is 8.10. The molecule has 3 aromatic heterocycles. The smallest absolute Gasteiger partial charge is 0.276 e. The number of nitrogens with one attached hydrogen (secondary N) is 3. The standard InChI is InChI=1S/C26H24N6O5/c1-4-37-16-10-17(20(33)12-23-27-5-6-28-23)24-18(11-16)30-26(31-24)32-25(34)19-7-14-8-21(35-2)22(36-3)9-15(14)13-29-19/h5-11,13H,4,12H2,1-3H3,(H,27,28)(H2,30,31,32,34). The largest absolute Gasteiger partial charge is 0.494 e. The molecule has 11 nitrogen and oxygen atoms in total. The summed E-state index contributed by atoms with van der Waals surface area (Å²) in [5.74, 6) is 1.69. The normalized spacial score (nSPS) is 11.0. The van der Waals surface area contributed by atoms with Gasteiger partial charge in [0.25, 0.3) is 5.91 Å². The van der Waals surface area contributed by atoms with Crippen LogP contribution in [0.1, 0.15) is 33.6 Å². The molecule has 5 aromatic rings. The van der Waals surface area contributed by atoms with E-state index < -0.39 is 5.91 Å². The molecule has 188 valence electrons. The van der Waals surface area contributed by atoms with Crippen LogP contribution in [-0.4, -0.2) is 57.4 Å². The first kappa shape index (κ1) is 23.8. The zero-order chi connectivity index (χ0) is 25.9. The highest BCUT2D eigenvalue weighted by Gasteiger charge is 2.19. The van der Waals surface area contributed by atoms with Crippen LogP contribution in [0.15, 0.2) is 48.9 Å². The second-order valence-electron chi connectivity index (χ2n) is 8.10. The van der Waals surface area contributed by atoms with E-state index in [1.165, 1.54) is 0 Å². The number of hydrogen-bond donors (Lipinski definition) is 3. The summed E-state index contributed by atoms with van der Waals surface area (Å²) in [6.45, 7) is 2.29. The first-order valence-electron chi connectivity index (χ1n) is 11.5. The average Bonchev–Trinajstić information content (AvgIpc) is 3.56. The molecule has 2 aromatic carbocycles. The Morgan fingerprint density at radius 3 is 2.49 bits per heavy atom. The van der Waals surface area contributed by atoms with Crippen molar-refractivity contribution in [1.29, 1.82) is 0 Å². The van der Waals surface area contributed by atoms with Gasteiger partial charge in [-0.1, -0.05) is 0 Å². The molecule has 0 saturated heterocycles.